The highest BCUT2D eigenvalue weighted by Gasteiger charge is 2.12. The molecule has 28 heavy (non-hydrogen) atoms. The first-order valence-electron chi connectivity index (χ1n) is 9.12. The summed E-state index contributed by atoms with van der Waals surface area (Å²) in [5.41, 5.74) is 3.08. The average Bonchev–Trinajstić information content (AvgIpc) is 2.74. The van der Waals surface area contributed by atoms with Gasteiger partial charge in [-0.25, -0.2) is 0 Å². The van der Waals surface area contributed by atoms with Crippen LogP contribution in [0.1, 0.15) is 17.3 Å². The smallest absolute Gasteiger partial charge is 0.262 e. The molecule has 0 unspecified atom stereocenters. The highest BCUT2D eigenvalue weighted by atomic mass is 16.5. The minimum atomic E-state index is -0.330. The Hall–Kier alpha value is -3.60. The molecule has 0 saturated heterocycles. The van der Waals surface area contributed by atoms with E-state index in [0.29, 0.717) is 23.5 Å². The molecule has 0 bridgehead atoms. The van der Waals surface area contributed by atoms with E-state index in [1.807, 2.05) is 61.5 Å². The van der Waals surface area contributed by atoms with Crippen LogP contribution in [0.2, 0.25) is 0 Å². The number of ether oxygens (including phenoxy) is 1. The number of rotatable bonds is 7. The molecule has 2 N–H and O–H groups in total. The lowest BCUT2D eigenvalue weighted by Gasteiger charge is -2.11. The number of anilines is 1. The number of carbonyl (C=O) groups is 2. The van der Waals surface area contributed by atoms with E-state index >= 15 is 0 Å². The molecule has 5 heteroatoms. The van der Waals surface area contributed by atoms with Gasteiger partial charge in [-0.1, -0.05) is 54.6 Å². The van der Waals surface area contributed by atoms with E-state index in [4.69, 9.17) is 4.74 Å². The minimum absolute atomic E-state index is 0.144. The molecule has 0 fully saturated rings. The summed E-state index contributed by atoms with van der Waals surface area (Å²) in [5, 5.41) is 5.46. The van der Waals surface area contributed by atoms with E-state index in [0.717, 1.165) is 11.1 Å². The van der Waals surface area contributed by atoms with Crippen molar-refractivity contribution in [2.45, 2.75) is 6.92 Å². The Bertz CT molecular complexity index is 938. The van der Waals surface area contributed by atoms with E-state index in [1.54, 1.807) is 24.3 Å². The fourth-order valence-corrected chi connectivity index (χ4v) is 2.76. The highest BCUT2D eigenvalue weighted by molar-refractivity contribution is 6.04. The fraction of sp³-hybridized carbons (Fsp3) is 0.130. The second-order valence-electron chi connectivity index (χ2n) is 6.13. The second-order valence-corrected chi connectivity index (χ2v) is 6.13. The molecule has 0 aliphatic carbocycles. The number of para-hydroxylation sites is 1. The molecular formula is C23H22N2O3. The fourth-order valence-electron chi connectivity index (χ4n) is 2.76. The van der Waals surface area contributed by atoms with Crippen LogP contribution in [-0.4, -0.2) is 25.0 Å². The summed E-state index contributed by atoms with van der Waals surface area (Å²) >= 11 is 0. The van der Waals surface area contributed by atoms with Crippen molar-refractivity contribution in [3.05, 3.63) is 84.4 Å². The molecule has 0 radical (unpaired) electrons. The van der Waals surface area contributed by atoms with Gasteiger partial charge in [0.25, 0.3) is 11.8 Å². The molecule has 0 aliphatic heterocycles. The summed E-state index contributed by atoms with van der Waals surface area (Å²) < 4.78 is 5.57. The molecule has 3 aromatic carbocycles. The zero-order chi connectivity index (χ0) is 19.8. The molecule has 3 rings (SSSR count). The van der Waals surface area contributed by atoms with Gasteiger partial charge in [0.2, 0.25) is 0 Å². The van der Waals surface area contributed by atoms with Gasteiger partial charge in [0.15, 0.2) is 6.61 Å². The number of hydrogen-bond acceptors (Lipinski definition) is 3. The largest absolute Gasteiger partial charge is 0.484 e. The molecule has 0 aromatic heterocycles. The quantitative estimate of drug-likeness (QED) is 0.654. The number of nitrogens with one attached hydrogen (secondary N) is 2. The first kappa shape index (κ1) is 19.2. The van der Waals surface area contributed by atoms with Crippen molar-refractivity contribution in [2.24, 2.45) is 0 Å². The molecule has 3 aromatic rings. The van der Waals surface area contributed by atoms with Gasteiger partial charge in [-0.2, -0.15) is 0 Å². The van der Waals surface area contributed by atoms with Gasteiger partial charge in [-0.05, 0) is 42.3 Å². The maximum Gasteiger partial charge on any atom is 0.262 e. The van der Waals surface area contributed by atoms with Gasteiger partial charge < -0.3 is 15.4 Å². The summed E-state index contributed by atoms with van der Waals surface area (Å²) in [6, 6.07) is 24.5. The first-order chi connectivity index (χ1) is 13.7. The Balaban J connectivity index is 1.59. The van der Waals surface area contributed by atoms with Gasteiger partial charge in [0.05, 0.1) is 11.3 Å². The molecular weight excluding hydrogens is 352 g/mol. The van der Waals surface area contributed by atoms with Gasteiger partial charge in [-0.15, -0.1) is 0 Å². The first-order valence-corrected chi connectivity index (χ1v) is 9.12. The van der Waals surface area contributed by atoms with E-state index in [1.165, 1.54) is 0 Å². The summed E-state index contributed by atoms with van der Waals surface area (Å²) in [5.74, 6) is 0.0477. The summed E-state index contributed by atoms with van der Waals surface area (Å²) in [6.45, 7) is 2.22. The molecule has 0 atom stereocenters. The van der Waals surface area contributed by atoms with Gasteiger partial charge >= 0.3 is 0 Å². The van der Waals surface area contributed by atoms with Crippen molar-refractivity contribution in [3.8, 4) is 16.9 Å². The SMILES string of the molecule is CCNC(=O)c1ccccc1NC(=O)COc1ccc(-c2ccccc2)cc1. The lowest BCUT2D eigenvalue weighted by molar-refractivity contribution is -0.118. The Morgan fingerprint density at radius 2 is 1.46 bits per heavy atom. The van der Waals surface area contributed by atoms with Crippen LogP contribution in [0.5, 0.6) is 5.75 Å². The predicted octanol–water partition coefficient (Wildman–Crippen LogP) is 4.12. The third kappa shape index (κ3) is 4.98. The molecule has 5 nitrogen and oxygen atoms in total. The van der Waals surface area contributed by atoms with Crippen molar-refractivity contribution >= 4 is 17.5 Å². The molecule has 2 amide bonds. The van der Waals surface area contributed by atoms with Crippen LogP contribution in [0.25, 0.3) is 11.1 Å². The summed E-state index contributed by atoms with van der Waals surface area (Å²) in [7, 11) is 0. The number of carbonyl (C=O) groups excluding carboxylic acids is 2. The van der Waals surface area contributed by atoms with Crippen molar-refractivity contribution < 1.29 is 14.3 Å². The third-order valence-corrected chi connectivity index (χ3v) is 4.11. The van der Waals surface area contributed by atoms with E-state index in [-0.39, 0.29) is 18.4 Å². The lowest BCUT2D eigenvalue weighted by Crippen LogP contribution is -2.26. The van der Waals surface area contributed by atoms with Crippen LogP contribution in [0.4, 0.5) is 5.69 Å². The van der Waals surface area contributed by atoms with Crippen LogP contribution in [0.3, 0.4) is 0 Å². The predicted molar refractivity (Wildman–Crippen MR) is 110 cm³/mol. The molecule has 142 valence electrons. The van der Waals surface area contributed by atoms with Crippen LogP contribution in [0.15, 0.2) is 78.9 Å². The summed E-state index contributed by atoms with van der Waals surface area (Å²) in [4.78, 5) is 24.3. The van der Waals surface area contributed by atoms with Gasteiger partial charge in [0, 0.05) is 6.54 Å². The summed E-state index contributed by atoms with van der Waals surface area (Å²) in [6.07, 6.45) is 0. The van der Waals surface area contributed by atoms with E-state index < -0.39 is 0 Å². The monoisotopic (exact) mass is 374 g/mol. The van der Waals surface area contributed by atoms with E-state index in [2.05, 4.69) is 10.6 Å². The Morgan fingerprint density at radius 3 is 2.18 bits per heavy atom. The minimum Gasteiger partial charge on any atom is -0.484 e. The molecule has 0 saturated carbocycles. The van der Waals surface area contributed by atoms with Crippen LogP contribution < -0.4 is 15.4 Å². The maximum atomic E-state index is 12.2. The van der Waals surface area contributed by atoms with Crippen molar-refractivity contribution in [1.82, 2.24) is 5.32 Å². The number of benzene rings is 3. The normalized spacial score (nSPS) is 10.2. The second kappa shape index (κ2) is 9.37. The van der Waals surface area contributed by atoms with Crippen molar-refractivity contribution in [2.75, 3.05) is 18.5 Å². The zero-order valence-electron chi connectivity index (χ0n) is 15.6. The zero-order valence-corrected chi connectivity index (χ0v) is 15.6. The third-order valence-electron chi connectivity index (χ3n) is 4.11. The Labute approximate surface area is 164 Å². The Morgan fingerprint density at radius 1 is 0.821 bits per heavy atom. The Kier molecular flexibility index (Phi) is 6.41. The van der Waals surface area contributed by atoms with Crippen LogP contribution in [-0.2, 0) is 4.79 Å². The van der Waals surface area contributed by atoms with Gasteiger partial charge in [-0.3, -0.25) is 9.59 Å². The number of hydrogen-bond donors (Lipinski definition) is 2. The molecule has 0 aliphatic rings. The topological polar surface area (TPSA) is 67.4 Å². The van der Waals surface area contributed by atoms with Crippen LogP contribution >= 0.6 is 0 Å². The van der Waals surface area contributed by atoms with Crippen LogP contribution in [0, 0.1) is 0 Å². The highest BCUT2D eigenvalue weighted by Crippen LogP contribution is 2.22. The maximum absolute atomic E-state index is 12.2. The molecule has 0 spiro atoms. The molecule has 0 heterocycles. The average molecular weight is 374 g/mol. The van der Waals surface area contributed by atoms with E-state index in [9.17, 15) is 9.59 Å². The number of amides is 2. The lowest BCUT2D eigenvalue weighted by atomic mass is 10.1. The van der Waals surface area contributed by atoms with Crippen molar-refractivity contribution in [3.63, 3.8) is 0 Å². The standard InChI is InChI=1S/C23H22N2O3/c1-2-24-23(27)20-10-6-7-11-21(20)25-22(26)16-28-19-14-12-18(13-15-19)17-8-4-3-5-9-17/h3-15H,2,16H2,1H3,(H,24,27)(H,25,26). The van der Waals surface area contributed by atoms with Crippen molar-refractivity contribution in [1.29, 1.82) is 0 Å². The van der Waals surface area contributed by atoms with Gasteiger partial charge in [0.1, 0.15) is 5.75 Å².